The van der Waals surface area contributed by atoms with Gasteiger partial charge in [-0.3, -0.25) is 9.59 Å². The zero-order chi connectivity index (χ0) is 15.1. The van der Waals surface area contributed by atoms with E-state index in [0.717, 1.165) is 32.5 Å². The predicted molar refractivity (Wildman–Crippen MR) is 81.0 cm³/mol. The summed E-state index contributed by atoms with van der Waals surface area (Å²) in [6, 6.07) is 0. The van der Waals surface area contributed by atoms with Gasteiger partial charge < -0.3 is 15.3 Å². The maximum atomic E-state index is 11.9. The number of aliphatic carboxylic acids is 1. The second kappa shape index (κ2) is 8.37. The number of amides is 1. The second-order valence-electron chi connectivity index (χ2n) is 6.59. The fraction of sp³-hybridized carbons (Fsp3) is 0.875. The molecule has 2 rings (SSSR count). The van der Waals surface area contributed by atoms with Crippen molar-refractivity contribution in [3.63, 3.8) is 0 Å². The van der Waals surface area contributed by atoms with Gasteiger partial charge >= 0.3 is 5.97 Å². The molecule has 2 aliphatic rings. The van der Waals surface area contributed by atoms with Crippen LogP contribution in [-0.2, 0) is 9.59 Å². The maximum absolute atomic E-state index is 11.9. The Labute approximate surface area is 127 Å². The number of carbonyl (C=O) groups is 2. The number of piperidine rings is 1. The summed E-state index contributed by atoms with van der Waals surface area (Å²) in [6.07, 6.45) is 8.05. The summed E-state index contributed by atoms with van der Waals surface area (Å²) < 4.78 is 0. The lowest BCUT2D eigenvalue weighted by Crippen LogP contribution is -2.39. The Kier molecular flexibility index (Phi) is 6.49. The number of rotatable bonds is 7. The minimum atomic E-state index is -0.726. The lowest BCUT2D eigenvalue weighted by molar-refractivity contribution is -0.137. The Balaban J connectivity index is 1.55. The van der Waals surface area contributed by atoms with E-state index in [2.05, 4.69) is 10.2 Å². The second-order valence-corrected chi connectivity index (χ2v) is 6.59. The smallest absolute Gasteiger partial charge is 0.304 e. The zero-order valence-electron chi connectivity index (χ0n) is 12.9. The summed E-state index contributed by atoms with van der Waals surface area (Å²) in [4.78, 5) is 24.7. The third kappa shape index (κ3) is 6.04. The van der Waals surface area contributed by atoms with E-state index in [0.29, 0.717) is 24.8 Å². The highest BCUT2D eigenvalue weighted by molar-refractivity contribution is 5.76. The van der Waals surface area contributed by atoms with Crippen LogP contribution in [0.25, 0.3) is 0 Å². The summed E-state index contributed by atoms with van der Waals surface area (Å²) in [5, 5.41) is 11.8. The topological polar surface area (TPSA) is 69.6 Å². The van der Waals surface area contributed by atoms with Crippen molar-refractivity contribution in [1.82, 2.24) is 10.2 Å². The van der Waals surface area contributed by atoms with Crippen LogP contribution < -0.4 is 5.32 Å². The summed E-state index contributed by atoms with van der Waals surface area (Å²) in [6.45, 7) is 3.35. The van der Waals surface area contributed by atoms with Crippen LogP contribution in [0.2, 0.25) is 0 Å². The van der Waals surface area contributed by atoms with E-state index in [9.17, 15) is 9.59 Å². The fourth-order valence-electron chi connectivity index (χ4n) is 3.47. The molecule has 5 heteroatoms. The number of carbonyl (C=O) groups excluding carboxylic acids is 1. The molecule has 5 nitrogen and oxygen atoms in total. The van der Waals surface area contributed by atoms with Crippen molar-refractivity contribution < 1.29 is 14.7 Å². The maximum Gasteiger partial charge on any atom is 0.304 e. The minimum absolute atomic E-state index is 0.218. The molecule has 0 bridgehead atoms. The van der Waals surface area contributed by atoms with Crippen molar-refractivity contribution in [3.05, 3.63) is 0 Å². The molecule has 1 aliphatic carbocycles. The third-order valence-corrected chi connectivity index (χ3v) is 4.89. The first-order valence-corrected chi connectivity index (χ1v) is 8.34. The third-order valence-electron chi connectivity index (χ3n) is 4.89. The number of nitrogens with zero attached hydrogens (tertiary/aromatic N) is 1. The highest BCUT2D eigenvalue weighted by Gasteiger charge is 2.21. The molecule has 0 unspecified atom stereocenters. The van der Waals surface area contributed by atoms with E-state index in [4.69, 9.17) is 5.11 Å². The monoisotopic (exact) mass is 296 g/mol. The minimum Gasteiger partial charge on any atom is -0.481 e. The molecule has 0 aromatic carbocycles. The van der Waals surface area contributed by atoms with E-state index in [1.54, 1.807) is 0 Å². The van der Waals surface area contributed by atoms with Gasteiger partial charge in [-0.2, -0.15) is 0 Å². The molecule has 0 radical (unpaired) electrons. The van der Waals surface area contributed by atoms with Crippen molar-refractivity contribution in [2.45, 2.75) is 51.4 Å². The Bertz CT molecular complexity index is 345. The van der Waals surface area contributed by atoms with E-state index in [1.165, 1.54) is 25.7 Å². The molecule has 1 saturated carbocycles. The van der Waals surface area contributed by atoms with Gasteiger partial charge in [-0.05, 0) is 50.6 Å². The van der Waals surface area contributed by atoms with Gasteiger partial charge in [0, 0.05) is 19.5 Å². The van der Waals surface area contributed by atoms with Crippen LogP contribution in [0, 0.1) is 11.8 Å². The van der Waals surface area contributed by atoms with Crippen LogP contribution in [0.4, 0.5) is 0 Å². The van der Waals surface area contributed by atoms with Crippen molar-refractivity contribution in [3.8, 4) is 0 Å². The lowest BCUT2D eigenvalue weighted by Gasteiger charge is -2.31. The molecule has 1 heterocycles. The largest absolute Gasteiger partial charge is 0.481 e. The first-order valence-electron chi connectivity index (χ1n) is 8.34. The molecule has 1 amide bonds. The van der Waals surface area contributed by atoms with Crippen LogP contribution in [0.3, 0.4) is 0 Å². The molecule has 120 valence electrons. The van der Waals surface area contributed by atoms with Crippen molar-refractivity contribution in [2.24, 2.45) is 11.8 Å². The molecule has 0 aromatic rings. The van der Waals surface area contributed by atoms with E-state index in [-0.39, 0.29) is 12.3 Å². The molecule has 0 spiro atoms. The zero-order valence-corrected chi connectivity index (χ0v) is 12.9. The lowest BCUT2D eigenvalue weighted by atomic mass is 9.96. The first-order chi connectivity index (χ1) is 10.1. The van der Waals surface area contributed by atoms with E-state index in [1.807, 2.05) is 0 Å². The molecule has 1 aliphatic heterocycles. The predicted octanol–water partition coefficient (Wildman–Crippen LogP) is 1.87. The van der Waals surface area contributed by atoms with Crippen LogP contribution >= 0.6 is 0 Å². The first kappa shape index (κ1) is 16.3. The number of nitrogens with one attached hydrogen (secondary N) is 1. The van der Waals surface area contributed by atoms with Gasteiger partial charge in [0.05, 0.1) is 6.42 Å². The van der Waals surface area contributed by atoms with Crippen LogP contribution in [0.1, 0.15) is 51.4 Å². The van der Waals surface area contributed by atoms with Crippen LogP contribution in [0.5, 0.6) is 0 Å². The van der Waals surface area contributed by atoms with Gasteiger partial charge in [0.2, 0.25) is 5.91 Å². The molecular weight excluding hydrogens is 268 g/mol. The normalized spacial score (nSPS) is 21.5. The van der Waals surface area contributed by atoms with Gasteiger partial charge in [-0.15, -0.1) is 0 Å². The van der Waals surface area contributed by atoms with Gasteiger partial charge in [0.1, 0.15) is 0 Å². The Morgan fingerprint density at radius 3 is 2.33 bits per heavy atom. The molecule has 21 heavy (non-hydrogen) atoms. The van der Waals surface area contributed by atoms with Gasteiger partial charge in [-0.25, -0.2) is 0 Å². The number of hydrogen-bond acceptors (Lipinski definition) is 3. The molecule has 0 aromatic heterocycles. The molecular formula is C16H28N2O3. The quantitative estimate of drug-likeness (QED) is 0.752. The van der Waals surface area contributed by atoms with Gasteiger partial charge in [-0.1, -0.05) is 12.8 Å². The number of hydrogen-bond donors (Lipinski definition) is 2. The Hall–Kier alpha value is -1.10. The van der Waals surface area contributed by atoms with Gasteiger partial charge in [0.25, 0.3) is 0 Å². The van der Waals surface area contributed by atoms with Crippen molar-refractivity contribution in [2.75, 3.05) is 26.2 Å². The standard InChI is InChI=1S/C16H28N2O3/c19-15(11-13-3-1-2-4-13)17-12-14-5-8-18(9-6-14)10-7-16(20)21/h13-14H,1-12H2,(H,17,19)(H,20,21). The summed E-state index contributed by atoms with van der Waals surface area (Å²) in [5.41, 5.74) is 0. The molecule has 0 atom stereocenters. The fourth-order valence-corrected chi connectivity index (χ4v) is 3.47. The average Bonchev–Trinajstić information content (AvgIpc) is 2.97. The number of carboxylic acid groups (broad SMARTS) is 1. The van der Waals surface area contributed by atoms with Crippen LogP contribution in [0.15, 0.2) is 0 Å². The van der Waals surface area contributed by atoms with Crippen molar-refractivity contribution in [1.29, 1.82) is 0 Å². The Morgan fingerprint density at radius 2 is 1.71 bits per heavy atom. The van der Waals surface area contributed by atoms with Gasteiger partial charge in [0.15, 0.2) is 0 Å². The van der Waals surface area contributed by atoms with E-state index >= 15 is 0 Å². The highest BCUT2D eigenvalue weighted by Crippen LogP contribution is 2.27. The van der Waals surface area contributed by atoms with E-state index < -0.39 is 5.97 Å². The summed E-state index contributed by atoms with van der Waals surface area (Å²) in [5.74, 6) is 0.660. The number of carboxylic acids is 1. The SMILES string of the molecule is O=C(O)CCN1CCC(CNC(=O)CC2CCCC2)CC1. The molecule has 1 saturated heterocycles. The molecule has 2 fully saturated rings. The van der Waals surface area contributed by atoms with Crippen LogP contribution in [-0.4, -0.2) is 48.1 Å². The highest BCUT2D eigenvalue weighted by atomic mass is 16.4. The summed E-state index contributed by atoms with van der Waals surface area (Å²) >= 11 is 0. The van der Waals surface area contributed by atoms with Crippen molar-refractivity contribution >= 4 is 11.9 Å². The average molecular weight is 296 g/mol. The summed E-state index contributed by atoms with van der Waals surface area (Å²) in [7, 11) is 0. The molecule has 2 N–H and O–H groups in total. The number of likely N-dealkylation sites (tertiary alicyclic amines) is 1. The Morgan fingerprint density at radius 1 is 1.05 bits per heavy atom.